The zero-order valence-electron chi connectivity index (χ0n) is 13.1. The van der Waals surface area contributed by atoms with Crippen LogP contribution >= 0.6 is 11.6 Å². The second-order valence-electron chi connectivity index (χ2n) is 7.15. The van der Waals surface area contributed by atoms with Gasteiger partial charge in [0.2, 0.25) is 0 Å². The Hall–Kier alpha value is -0.730. The number of rotatable bonds is 3. The average Bonchev–Trinajstić information content (AvgIpc) is 2.90. The summed E-state index contributed by atoms with van der Waals surface area (Å²) in [6.07, 6.45) is 9.35. The van der Waals surface area contributed by atoms with E-state index in [9.17, 15) is 0 Å². The van der Waals surface area contributed by atoms with Crippen molar-refractivity contribution in [3.63, 3.8) is 0 Å². The molecule has 1 aromatic rings. The monoisotopic (exact) mass is 306 g/mol. The number of nitrogens with zero attached hydrogens (tertiary/aromatic N) is 1. The fraction of sp³-hybridized carbons (Fsp3) is 0.667. The number of piperidine rings is 1. The lowest BCUT2D eigenvalue weighted by Gasteiger charge is -2.40. The fourth-order valence-electron chi connectivity index (χ4n) is 4.11. The van der Waals surface area contributed by atoms with Crippen LogP contribution in [0, 0.1) is 5.41 Å². The minimum Gasteiger partial charge on any atom is -0.371 e. The van der Waals surface area contributed by atoms with Crippen LogP contribution in [0.3, 0.4) is 0 Å². The molecule has 2 fully saturated rings. The van der Waals surface area contributed by atoms with E-state index in [1.54, 1.807) is 0 Å². The molecule has 0 bridgehead atoms. The van der Waals surface area contributed by atoms with Gasteiger partial charge >= 0.3 is 0 Å². The molecule has 0 aromatic heterocycles. The maximum Gasteiger partial charge on any atom is 0.0459 e. The third kappa shape index (κ3) is 3.37. The second kappa shape index (κ2) is 6.18. The summed E-state index contributed by atoms with van der Waals surface area (Å²) in [4.78, 5) is 2.51. The van der Waals surface area contributed by atoms with Crippen LogP contribution in [0.2, 0.25) is 5.02 Å². The number of halogens is 1. The van der Waals surface area contributed by atoms with E-state index in [-0.39, 0.29) is 6.04 Å². The molecule has 3 rings (SSSR count). The first kappa shape index (κ1) is 15.2. The van der Waals surface area contributed by atoms with Gasteiger partial charge in [0.05, 0.1) is 0 Å². The standard InChI is InChI=1S/C18H27ClN2/c1-14(20)12-15-4-5-16(13-17(15)19)21-10-8-18(9-11-21)6-2-3-7-18/h4-5,13-14H,2-3,6-12,20H2,1H3. The minimum absolute atomic E-state index is 0.158. The summed E-state index contributed by atoms with van der Waals surface area (Å²) in [5, 5.41) is 0.867. The zero-order valence-corrected chi connectivity index (χ0v) is 13.8. The molecule has 0 amide bonds. The second-order valence-corrected chi connectivity index (χ2v) is 7.56. The van der Waals surface area contributed by atoms with Gasteiger partial charge in [0.1, 0.15) is 0 Å². The van der Waals surface area contributed by atoms with Gasteiger partial charge in [-0.3, -0.25) is 0 Å². The quantitative estimate of drug-likeness (QED) is 0.897. The molecule has 1 aliphatic heterocycles. The first-order valence-corrected chi connectivity index (χ1v) is 8.75. The van der Waals surface area contributed by atoms with E-state index in [4.69, 9.17) is 17.3 Å². The Kier molecular flexibility index (Phi) is 4.46. The highest BCUT2D eigenvalue weighted by atomic mass is 35.5. The molecule has 116 valence electrons. The molecule has 1 spiro atoms. The van der Waals surface area contributed by atoms with Crippen molar-refractivity contribution in [2.45, 2.75) is 57.9 Å². The summed E-state index contributed by atoms with van der Waals surface area (Å²) in [7, 11) is 0. The molecular weight excluding hydrogens is 280 g/mol. The summed E-state index contributed by atoms with van der Waals surface area (Å²) in [6, 6.07) is 6.66. The van der Waals surface area contributed by atoms with Crippen LogP contribution < -0.4 is 10.6 Å². The van der Waals surface area contributed by atoms with Crippen LogP contribution in [0.1, 0.15) is 51.0 Å². The zero-order chi connectivity index (χ0) is 14.9. The van der Waals surface area contributed by atoms with E-state index in [0.29, 0.717) is 5.41 Å². The van der Waals surface area contributed by atoms with Crippen LogP contribution in [-0.2, 0) is 6.42 Å². The third-order valence-corrected chi connectivity index (χ3v) is 5.78. The lowest BCUT2D eigenvalue weighted by molar-refractivity contribution is 0.226. The van der Waals surface area contributed by atoms with Crippen molar-refractivity contribution >= 4 is 17.3 Å². The van der Waals surface area contributed by atoms with Gasteiger partial charge in [0, 0.05) is 29.8 Å². The van der Waals surface area contributed by atoms with Gasteiger partial charge in [-0.1, -0.05) is 30.5 Å². The van der Waals surface area contributed by atoms with E-state index < -0.39 is 0 Å². The molecule has 1 unspecified atom stereocenters. The molecule has 1 saturated carbocycles. The summed E-state index contributed by atoms with van der Waals surface area (Å²) in [5.41, 5.74) is 8.99. The number of anilines is 1. The highest BCUT2D eigenvalue weighted by Crippen LogP contribution is 2.46. The Balaban J connectivity index is 1.66. The molecule has 1 heterocycles. The molecule has 1 aliphatic carbocycles. The highest BCUT2D eigenvalue weighted by molar-refractivity contribution is 6.31. The van der Waals surface area contributed by atoms with Gasteiger partial charge in [-0.25, -0.2) is 0 Å². The Bertz CT molecular complexity index is 482. The Morgan fingerprint density at radius 3 is 2.43 bits per heavy atom. The Labute approximate surface area is 133 Å². The first-order valence-electron chi connectivity index (χ1n) is 8.37. The maximum absolute atomic E-state index is 6.43. The van der Waals surface area contributed by atoms with Crippen molar-refractivity contribution in [1.29, 1.82) is 0 Å². The average molecular weight is 307 g/mol. The number of hydrogen-bond donors (Lipinski definition) is 1. The van der Waals surface area contributed by atoms with Gasteiger partial charge in [-0.15, -0.1) is 0 Å². The van der Waals surface area contributed by atoms with Gasteiger partial charge in [-0.2, -0.15) is 0 Å². The SMILES string of the molecule is CC(N)Cc1ccc(N2CCC3(CCCC3)CC2)cc1Cl. The predicted molar refractivity (Wildman–Crippen MR) is 91.2 cm³/mol. The third-order valence-electron chi connectivity index (χ3n) is 5.43. The summed E-state index contributed by atoms with van der Waals surface area (Å²) in [6.45, 7) is 4.39. The van der Waals surface area contributed by atoms with Gasteiger partial charge in [0.25, 0.3) is 0 Å². The van der Waals surface area contributed by atoms with Crippen molar-refractivity contribution in [1.82, 2.24) is 0 Å². The van der Waals surface area contributed by atoms with Crippen molar-refractivity contribution in [2.75, 3.05) is 18.0 Å². The van der Waals surface area contributed by atoms with Crippen LogP contribution in [0.4, 0.5) is 5.69 Å². The lowest BCUT2D eigenvalue weighted by atomic mass is 9.77. The normalized spacial score (nSPS) is 22.7. The summed E-state index contributed by atoms with van der Waals surface area (Å²) < 4.78 is 0. The molecule has 21 heavy (non-hydrogen) atoms. The van der Waals surface area contributed by atoms with Crippen molar-refractivity contribution in [2.24, 2.45) is 11.1 Å². The molecule has 0 radical (unpaired) electrons. The van der Waals surface area contributed by atoms with Crippen molar-refractivity contribution in [3.8, 4) is 0 Å². The van der Waals surface area contributed by atoms with Crippen LogP contribution in [0.15, 0.2) is 18.2 Å². The number of nitrogens with two attached hydrogens (primary N) is 1. The Morgan fingerprint density at radius 1 is 1.19 bits per heavy atom. The highest BCUT2D eigenvalue weighted by Gasteiger charge is 2.36. The lowest BCUT2D eigenvalue weighted by Crippen LogP contribution is -2.38. The molecule has 2 N–H and O–H groups in total. The number of hydrogen-bond acceptors (Lipinski definition) is 2. The summed E-state index contributed by atoms with van der Waals surface area (Å²) in [5.74, 6) is 0. The molecule has 1 aromatic carbocycles. The van der Waals surface area contributed by atoms with Crippen LogP contribution in [-0.4, -0.2) is 19.1 Å². The molecule has 3 heteroatoms. The van der Waals surface area contributed by atoms with E-state index >= 15 is 0 Å². The predicted octanol–water partition coefficient (Wildman–Crippen LogP) is 4.39. The van der Waals surface area contributed by atoms with Gasteiger partial charge < -0.3 is 10.6 Å². The Morgan fingerprint density at radius 2 is 1.86 bits per heavy atom. The minimum atomic E-state index is 0.158. The van der Waals surface area contributed by atoms with E-state index in [0.717, 1.165) is 11.4 Å². The van der Waals surface area contributed by atoms with Gasteiger partial charge in [-0.05, 0) is 62.1 Å². The first-order chi connectivity index (χ1) is 10.1. The van der Waals surface area contributed by atoms with Crippen molar-refractivity contribution in [3.05, 3.63) is 28.8 Å². The number of benzene rings is 1. The molecule has 1 atom stereocenters. The molecular formula is C18H27ClN2. The van der Waals surface area contributed by atoms with Crippen molar-refractivity contribution < 1.29 is 0 Å². The molecule has 1 saturated heterocycles. The van der Waals surface area contributed by atoms with Crippen LogP contribution in [0.25, 0.3) is 0 Å². The molecule has 2 aliphatic rings. The van der Waals surface area contributed by atoms with E-state index in [2.05, 4.69) is 23.1 Å². The maximum atomic E-state index is 6.43. The van der Waals surface area contributed by atoms with E-state index in [1.807, 2.05) is 6.92 Å². The van der Waals surface area contributed by atoms with Crippen LogP contribution in [0.5, 0.6) is 0 Å². The fourth-order valence-corrected chi connectivity index (χ4v) is 4.36. The van der Waals surface area contributed by atoms with E-state index in [1.165, 1.54) is 62.9 Å². The topological polar surface area (TPSA) is 29.3 Å². The summed E-state index contributed by atoms with van der Waals surface area (Å²) >= 11 is 6.43. The largest absolute Gasteiger partial charge is 0.371 e. The van der Waals surface area contributed by atoms with Gasteiger partial charge in [0.15, 0.2) is 0 Å². The molecule has 2 nitrogen and oxygen atoms in total. The smallest absolute Gasteiger partial charge is 0.0459 e.